The van der Waals surface area contributed by atoms with E-state index < -0.39 is 17.7 Å². The molecule has 2 aromatic carbocycles. The molecule has 0 aromatic heterocycles. The highest BCUT2D eigenvalue weighted by Gasteiger charge is 2.14. The van der Waals surface area contributed by atoms with Gasteiger partial charge in [0, 0.05) is 5.69 Å². The molecule has 0 heterocycles. The number of hydrogen-bond donors (Lipinski definition) is 1. The van der Waals surface area contributed by atoms with Gasteiger partial charge in [0.1, 0.15) is 5.82 Å². The van der Waals surface area contributed by atoms with Gasteiger partial charge in [-0.05, 0) is 37.3 Å². The summed E-state index contributed by atoms with van der Waals surface area (Å²) in [5, 5.41) is 2.67. The van der Waals surface area contributed by atoms with Crippen LogP contribution in [0.25, 0.3) is 0 Å². The summed E-state index contributed by atoms with van der Waals surface area (Å²) in [7, 11) is 0. The number of carbonyl (C=O) groups excluding carboxylic acids is 2. The van der Waals surface area contributed by atoms with Crippen molar-refractivity contribution < 1.29 is 18.7 Å². The van der Waals surface area contributed by atoms with Crippen molar-refractivity contribution in [3.05, 3.63) is 64.4 Å². The van der Waals surface area contributed by atoms with E-state index in [0.717, 1.165) is 0 Å². The third-order valence-electron chi connectivity index (χ3n) is 2.84. The minimum absolute atomic E-state index is 0.0758. The zero-order valence-electron chi connectivity index (χ0n) is 11.7. The number of anilines is 1. The van der Waals surface area contributed by atoms with Crippen molar-refractivity contribution in [2.45, 2.75) is 6.92 Å². The van der Waals surface area contributed by atoms with Gasteiger partial charge < -0.3 is 10.1 Å². The monoisotopic (exact) mass is 321 g/mol. The fourth-order valence-electron chi connectivity index (χ4n) is 1.81. The molecule has 0 radical (unpaired) electrons. The van der Waals surface area contributed by atoms with Gasteiger partial charge in [0.15, 0.2) is 0 Å². The molecule has 0 aliphatic carbocycles. The standard InChI is InChI=1S/C16H13ClFNO3/c1-2-22-16(21)11-8-7-10(9-13(11)17)19-15(20)12-5-3-4-6-14(12)18/h3-9H,2H2,1H3,(H,19,20). The van der Waals surface area contributed by atoms with Gasteiger partial charge >= 0.3 is 5.97 Å². The Hall–Kier alpha value is -2.40. The normalized spacial score (nSPS) is 10.1. The molecule has 0 bridgehead atoms. The van der Waals surface area contributed by atoms with Crippen LogP contribution in [0.15, 0.2) is 42.5 Å². The zero-order valence-corrected chi connectivity index (χ0v) is 12.5. The van der Waals surface area contributed by atoms with Crippen LogP contribution in [0.3, 0.4) is 0 Å². The van der Waals surface area contributed by atoms with Crippen LogP contribution in [0.1, 0.15) is 27.6 Å². The molecule has 114 valence electrons. The first-order chi connectivity index (χ1) is 10.5. The van der Waals surface area contributed by atoms with E-state index in [0.29, 0.717) is 5.69 Å². The Kier molecular flexibility index (Phi) is 5.12. The maximum absolute atomic E-state index is 13.5. The molecular formula is C16H13ClFNO3. The van der Waals surface area contributed by atoms with Gasteiger partial charge in [-0.3, -0.25) is 4.79 Å². The lowest BCUT2D eigenvalue weighted by Crippen LogP contribution is -2.14. The van der Waals surface area contributed by atoms with Gasteiger partial charge in [-0.1, -0.05) is 23.7 Å². The molecule has 0 spiro atoms. The number of amides is 1. The van der Waals surface area contributed by atoms with Crippen molar-refractivity contribution in [3.8, 4) is 0 Å². The first-order valence-corrected chi connectivity index (χ1v) is 6.93. The number of rotatable bonds is 4. The van der Waals surface area contributed by atoms with E-state index in [4.69, 9.17) is 16.3 Å². The molecule has 0 aliphatic rings. The van der Waals surface area contributed by atoms with Gasteiger partial charge in [0.2, 0.25) is 0 Å². The van der Waals surface area contributed by atoms with E-state index in [1.165, 1.54) is 36.4 Å². The second-order valence-electron chi connectivity index (χ2n) is 4.35. The molecule has 0 saturated carbocycles. The van der Waals surface area contributed by atoms with Gasteiger partial charge in [0.05, 0.1) is 22.8 Å². The number of carbonyl (C=O) groups is 2. The number of hydrogen-bond acceptors (Lipinski definition) is 3. The Morgan fingerprint density at radius 1 is 1.18 bits per heavy atom. The molecule has 2 rings (SSSR count). The van der Waals surface area contributed by atoms with Gasteiger partial charge in [-0.25, -0.2) is 9.18 Å². The summed E-state index contributed by atoms with van der Waals surface area (Å²) in [4.78, 5) is 23.6. The Bertz CT molecular complexity index is 718. The lowest BCUT2D eigenvalue weighted by molar-refractivity contribution is 0.0526. The minimum atomic E-state index is -0.616. The summed E-state index contributed by atoms with van der Waals surface area (Å²) in [5.74, 6) is -1.76. The molecule has 0 unspecified atom stereocenters. The summed E-state index contributed by atoms with van der Waals surface area (Å²) < 4.78 is 18.4. The van der Waals surface area contributed by atoms with Crippen LogP contribution in [0.4, 0.5) is 10.1 Å². The van der Waals surface area contributed by atoms with Gasteiger partial charge in [0.25, 0.3) is 5.91 Å². The molecule has 1 amide bonds. The summed E-state index contributed by atoms with van der Waals surface area (Å²) >= 11 is 5.99. The maximum atomic E-state index is 13.5. The average Bonchev–Trinajstić information content (AvgIpc) is 2.47. The highest BCUT2D eigenvalue weighted by atomic mass is 35.5. The van der Waals surface area contributed by atoms with Crippen molar-refractivity contribution in [2.24, 2.45) is 0 Å². The van der Waals surface area contributed by atoms with Crippen LogP contribution < -0.4 is 5.32 Å². The van der Waals surface area contributed by atoms with E-state index in [1.807, 2.05) is 0 Å². The molecule has 22 heavy (non-hydrogen) atoms. The van der Waals surface area contributed by atoms with Crippen LogP contribution in [0, 0.1) is 5.82 Å². The summed E-state index contributed by atoms with van der Waals surface area (Å²) in [6.45, 7) is 1.93. The summed E-state index contributed by atoms with van der Waals surface area (Å²) in [6, 6.07) is 9.98. The lowest BCUT2D eigenvalue weighted by atomic mass is 10.1. The Morgan fingerprint density at radius 2 is 1.91 bits per heavy atom. The molecule has 0 fully saturated rings. The molecule has 4 nitrogen and oxygen atoms in total. The number of esters is 1. The van der Waals surface area contributed by atoms with E-state index in [2.05, 4.69) is 5.32 Å². The molecule has 0 atom stereocenters. The highest BCUT2D eigenvalue weighted by Crippen LogP contribution is 2.22. The quantitative estimate of drug-likeness (QED) is 0.869. The molecular weight excluding hydrogens is 309 g/mol. The SMILES string of the molecule is CCOC(=O)c1ccc(NC(=O)c2ccccc2F)cc1Cl. The van der Waals surface area contributed by atoms with E-state index >= 15 is 0 Å². The largest absolute Gasteiger partial charge is 0.462 e. The van der Waals surface area contributed by atoms with Crippen molar-refractivity contribution >= 4 is 29.2 Å². The molecule has 6 heteroatoms. The minimum Gasteiger partial charge on any atom is -0.462 e. The Labute approximate surface area is 131 Å². The molecule has 1 N–H and O–H groups in total. The molecule has 0 saturated heterocycles. The predicted octanol–water partition coefficient (Wildman–Crippen LogP) is 3.91. The fourth-order valence-corrected chi connectivity index (χ4v) is 2.07. The number of nitrogens with one attached hydrogen (secondary N) is 1. The third-order valence-corrected chi connectivity index (χ3v) is 3.15. The second kappa shape index (κ2) is 7.04. The van der Waals surface area contributed by atoms with Gasteiger partial charge in [-0.15, -0.1) is 0 Å². The molecule has 0 aliphatic heterocycles. The zero-order chi connectivity index (χ0) is 16.1. The number of benzene rings is 2. The summed E-state index contributed by atoms with van der Waals surface area (Å²) in [5.41, 5.74) is 0.479. The predicted molar refractivity (Wildman–Crippen MR) is 81.8 cm³/mol. The average molecular weight is 322 g/mol. The van der Waals surface area contributed by atoms with Gasteiger partial charge in [-0.2, -0.15) is 0 Å². The van der Waals surface area contributed by atoms with E-state index in [1.54, 1.807) is 13.0 Å². The smallest absolute Gasteiger partial charge is 0.339 e. The van der Waals surface area contributed by atoms with Crippen LogP contribution in [0.2, 0.25) is 5.02 Å². The van der Waals surface area contributed by atoms with E-state index in [-0.39, 0.29) is 22.8 Å². The first-order valence-electron chi connectivity index (χ1n) is 6.55. The summed E-state index contributed by atoms with van der Waals surface area (Å²) in [6.07, 6.45) is 0. The number of ether oxygens (including phenoxy) is 1. The molecule has 2 aromatic rings. The lowest BCUT2D eigenvalue weighted by Gasteiger charge is -2.09. The van der Waals surface area contributed by atoms with Crippen LogP contribution in [-0.4, -0.2) is 18.5 Å². The van der Waals surface area contributed by atoms with Crippen molar-refractivity contribution in [1.82, 2.24) is 0 Å². The Morgan fingerprint density at radius 3 is 2.55 bits per heavy atom. The Balaban J connectivity index is 2.18. The highest BCUT2D eigenvalue weighted by molar-refractivity contribution is 6.34. The van der Waals surface area contributed by atoms with Crippen LogP contribution in [0.5, 0.6) is 0 Å². The van der Waals surface area contributed by atoms with Crippen LogP contribution >= 0.6 is 11.6 Å². The topological polar surface area (TPSA) is 55.4 Å². The maximum Gasteiger partial charge on any atom is 0.339 e. The van der Waals surface area contributed by atoms with Crippen molar-refractivity contribution in [2.75, 3.05) is 11.9 Å². The second-order valence-corrected chi connectivity index (χ2v) is 4.76. The first kappa shape index (κ1) is 16.0. The van der Waals surface area contributed by atoms with Crippen LogP contribution in [-0.2, 0) is 4.74 Å². The third kappa shape index (κ3) is 3.62. The van der Waals surface area contributed by atoms with Crippen molar-refractivity contribution in [1.29, 1.82) is 0 Å². The fraction of sp³-hybridized carbons (Fsp3) is 0.125. The van der Waals surface area contributed by atoms with E-state index in [9.17, 15) is 14.0 Å². The number of halogens is 2. The van der Waals surface area contributed by atoms with Crippen molar-refractivity contribution in [3.63, 3.8) is 0 Å².